The van der Waals surface area contributed by atoms with E-state index in [-0.39, 0.29) is 24.0 Å². The molecule has 0 N–H and O–H groups in total. The van der Waals surface area contributed by atoms with E-state index >= 15 is 0 Å². The van der Waals surface area contributed by atoms with Crippen molar-refractivity contribution in [3.8, 4) is 0 Å². The first kappa shape index (κ1) is 13.0. The van der Waals surface area contributed by atoms with Gasteiger partial charge in [0.15, 0.2) is 0 Å². The molecule has 1 aliphatic heterocycles. The number of benzene rings is 1. The number of hydrogen-bond acceptors (Lipinski definition) is 4. The highest BCUT2D eigenvalue weighted by Gasteiger charge is 2.33. The third-order valence-electron chi connectivity index (χ3n) is 2.97. The van der Waals surface area contributed by atoms with Gasteiger partial charge in [0.2, 0.25) is 5.91 Å². The predicted octanol–water partition coefficient (Wildman–Crippen LogP) is 1.02. The third kappa shape index (κ3) is 2.88. The molecular formula is C12H15NO4S. The molecule has 0 radical (unpaired) electrons. The number of amides is 1. The summed E-state index contributed by atoms with van der Waals surface area (Å²) in [4.78, 5) is 13.5. The van der Waals surface area contributed by atoms with E-state index in [2.05, 4.69) is 4.18 Å². The molecule has 1 atom stereocenters. The highest BCUT2D eigenvalue weighted by molar-refractivity contribution is 7.86. The Morgan fingerprint density at radius 3 is 2.61 bits per heavy atom. The van der Waals surface area contributed by atoms with Crippen LogP contribution in [0.25, 0.3) is 0 Å². The van der Waals surface area contributed by atoms with Crippen molar-refractivity contribution in [2.45, 2.75) is 6.42 Å². The average molecular weight is 269 g/mol. The minimum atomic E-state index is -3.51. The van der Waals surface area contributed by atoms with Crippen LogP contribution in [0, 0.1) is 5.92 Å². The number of carbonyl (C=O) groups is 1. The molecule has 1 aromatic carbocycles. The lowest BCUT2D eigenvalue weighted by Crippen LogP contribution is -2.25. The van der Waals surface area contributed by atoms with E-state index in [1.807, 2.05) is 30.3 Å². The first-order chi connectivity index (χ1) is 8.52. The van der Waals surface area contributed by atoms with Gasteiger partial charge in [-0.2, -0.15) is 8.42 Å². The molecule has 1 fully saturated rings. The van der Waals surface area contributed by atoms with Crippen LogP contribution in [0.1, 0.15) is 6.42 Å². The molecule has 18 heavy (non-hydrogen) atoms. The molecule has 0 bridgehead atoms. The molecule has 1 amide bonds. The van der Waals surface area contributed by atoms with Gasteiger partial charge in [-0.15, -0.1) is 0 Å². The van der Waals surface area contributed by atoms with Gasteiger partial charge in [-0.1, -0.05) is 18.2 Å². The number of anilines is 1. The molecule has 2 rings (SSSR count). The van der Waals surface area contributed by atoms with E-state index in [0.717, 1.165) is 12.8 Å². The molecular weight excluding hydrogens is 254 g/mol. The van der Waals surface area contributed by atoms with E-state index in [1.54, 1.807) is 4.90 Å². The van der Waals surface area contributed by atoms with Crippen molar-refractivity contribution in [2.75, 3.05) is 24.3 Å². The minimum Gasteiger partial charge on any atom is -0.312 e. The highest BCUT2D eigenvalue weighted by Crippen LogP contribution is 2.25. The van der Waals surface area contributed by atoms with Gasteiger partial charge in [0.25, 0.3) is 10.1 Å². The lowest BCUT2D eigenvalue weighted by atomic mass is 10.1. The Morgan fingerprint density at radius 1 is 1.33 bits per heavy atom. The van der Waals surface area contributed by atoms with Crippen LogP contribution in [0.4, 0.5) is 5.69 Å². The normalized spacial score (nSPS) is 20.4. The topological polar surface area (TPSA) is 63.7 Å². The van der Waals surface area contributed by atoms with Gasteiger partial charge in [-0.25, -0.2) is 0 Å². The smallest absolute Gasteiger partial charge is 0.267 e. The molecule has 1 unspecified atom stereocenters. The van der Waals surface area contributed by atoms with Crippen LogP contribution in [0.15, 0.2) is 30.3 Å². The standard InChI is InChI=1S/C12H15NO4S/c1-17-18(15,16)9-10-7-12(14)13(8-10)11-5-3-2-4-6-11/h2-6,10H,7-9H2,1H3. The summed E-state index contributed by atoms with van der Waals surface area (Å²) >= 11 is 0. The van der Waals surface area contributed by atoms with Crippen molar-refractivity contribution in [2.24, 2.45) is 5.92 Å². The summed E-state index contributed by atoms with van der Waals surface area (Å²) in [6.45, 7) is 0.422. The maximum absolute atomic E-state index is 11.8. The number of rotatable bonds is 4. The van der Waals surface area contributed by atoms with Gasteiger partial charge in [-0.3, -0.25) is 8.98 Å². The average Bonchev–Trinajstić information content (AvgIpc) is 2.70. The summed E-state index contributed by atoms with van der Waals surface area (Å²) in [5, 5.41) is 0. The number of hydrogen-bond donors (Lipinski definition) is 0. The Balaban J connectivity index is 2.08. The molecule has 0 saturated carbocycles. The molecule has 1 saturated heterocycles. The molecule has 1 heterocycles. The second-order valence-corrected chi connectivity index (χ2v) is 6.08. The van der Waals surface area contributed by atoms with Crippen molar-refractivity contribution in [1.82, 2.24) is 0 Å². The summed E-state index contributed by atoms with van der Waals surface area (Å²) in [7, 11) is -2.37. The monoisotopic (exact) mass is 269 g/mol. The summed E-state index contributed by atoms with van der Waals surface area (Å²) in [5.74, 6) is -0.362. The van der Waals surface area contributed by atoms with Crippen molar-refractivity contribution >= 4 is 21.7 Å². The number of nitrogens with zero attached hydrogens (tertiary/aromatic N) is 1. The number of carbonyl (C=O) groups excluding carboxylic acids is 1. The van der Waals surface area contributed by atoms with Gasteiger partial charge in [-0.05, 0) is 12.1 Å². The fraction of sp³-hybridized carbons (Fsp3) is 0.417. The summed E-state index contributed by atoms with van der Waals surface area (Å²) in [5.41, 5.74) is 0.805. The molecule has 0 aromatic heterocycles. The second kappa shape index (κ2) is 5.07. The van der Waals surface area contributed by atoms with Crippen LogP contribution in [0.2, 0.25) is 0 Å². The van der Waals surface area contributed by atoms with Gasteiger partial charge < -0.3 is 4.90 Å². The SMILES string of the molecule is COS(=O)(=O)CC1CC(=O)N(c2ccccc2)C1. The van der Waals surface area contributed by atoms with Gasteiger partial charge in [0.1, 0.15) is 0 Å². The molecule has 98 valence electrons. The van der Waals surface area contributed by atoms with Gasteiger partial charge >= 0.3 is 0 Å². The van der Waals surface area contributed by atoms with Gasteiger partial charge in [0, 0.05) is 24.6 Å². The first-order valence-electron chi connectivity index (χ1n) is 5.65. The molecule has 1 aliphatic rings. The first-order valence-corrected chi connectivity index (χ1v) is 7.23. The molecule has 1 aromatic rings. The van der Waals surface area contributed by atoms with Crippen LogP contribution in [0.5, 0.6) is 0 Å². The highest BCUT2D eigenvalue weighted by atomic mass is 32.2. The zero-order chi connectivity index (χ0) is 13.2. The van der Waals surface area contributed by atoms with E-state index < -0.39 is 10.1 Å². The zero-order valence-electron chi connectivity index (χ0n) is 10.1. The fourth-order valence-electron chi connectivity index (χ4n) is 2.11. The molecule has 0 spiro atoms. The summed E-state index contributed by atoms with van der Waals surface area (Å²) < 4.78 is 27.1. The summed E-state index contributed by atoms with van der Waals surface area (Å²) in [6.07, 6.45) is 0.248. The quantitative estimate of drug-likeness (QED) is 0.765. The van der Waals surface area contributed by atoms with Crippen molar-refractivity contribution in [3.63, 3.8) is 0 Å². The predicted molar refractivity (Wildman–Crippen MR) is 67.7 cm³/mol. The Morgan fingerprint density at radius 2 is 2.00 bits per heavy atom. The van der Waals surface area contributed by atoms with E-state index in [1.165, 1.54) is 0 Å². The fourth-order valence-corrected chi connectivity index (χ4v) is 3.04. The van der Waals surface area contributed by atoms with Crippen LogP contribution in [0.3, 0.4) is 0 Å². The Labute approximate surface area is 106 Å². The lowest BCUT2D eigenvalue weighted by molar-refractivity contribution is -0.117. The third-order valence-corrected chi connectivity index (χ3v) is 4.35. The van der Waals surface area contributed by atoms with Crippen molar-refractivity contribution < 1.29 is 17.4 Å². The van der Waals surface area contributed by atoms with Crippen LogP contribution >= 0.6 is 0 Å². The van der Waals surface area contributed by atoms with E-state index in [4.69, 9.17) is 0 Å². The van der Waals surface area contributed by atoms with Crippen LogP contribution in [-0.2, 0) is 19.1 Å². The maximum Gasteiger partial charge on any atom is 0.267 e. The van der Waals surface area contributed by atoms with E-state index in [9.17, 15) is 13.2 Å². The second-order valence-electron chi connectivity index (χ2n) is 4.30. The maximum atomic E-state index is 11.8. The summed E-state index contributed by atoms with van der Waals surface area (Å²) in [6, 6.07) is 9.25. The Kier molecular flexibility index (Phi) is 3.68. The van der Waals surface area contributed by atoms with E-state index in [0.29, 0.717) is 6.54 Å². The van der Waals surface area contributed by atoms with Gasteiger partial charge in [0.05, 0.1) is 12.9 Å². The minimum absolute atomic E-state index is 0.0440. The Bertz CT molecular complexity index is 526. The van der Waals surface area contributed by atoms with Crippen LogP contribution in [-0.4, -0.2) is 33.7 Å². The van der Waals surface area contributed by atoms with Crippen LogP contribution < -0.4 is 4.90 Å². The molecule has 5 nitrogen and oxygen atoms in total. The zero-order valence-corrected chi connectivity index (χ0v) is 10.9. The molecule has 6 heteroatoms. The van der Waals surface area contributed by atoms with Crippen molar-refractivity contribution in [1.29, 1.82) is 0 Å². The lowest BCUT2D eigenvalue weighted by Gasteiger charge is -2.16. The van der Waals surface area contributed by atoms with Crippen molar-refractivity contribution in [3.05, 3.63) is 30.3 Å². The Hall–Kier alpha value is -1.40. The largest absolute Gasteiger partial charge is 0.312 e. The molecule has 0 aliphatic carbocycles. The number of para-hydroxylation sites is 1.